The fourth-order valence-corrected chi connectivity index (χ4v) is 4.71. The Labute approximate surface area is 201 Å². The van der Waals surface area contributed by atoms with Gasteiger partial charge in [-0.25, -0.2) is 8.42 Å². The van der Waals surface area contributed by atoms with Gasteiger partial charge in [-0.2, -0.15) is 4.31 Å². The maximum Gasteiger partial charge on any atom is 0.243 e. The first kappa shape index (κ1) is 24.4. The smallest absolute Gasteiger partial charge is 0.243 e. The van der Waals surface area contributed by atoms with Crippen molar-refractivity contribution in [3.05, 3.63) is 87.4 Å². The van der Waals surface area contributed by atoms with E-state index in [4.69, 9.17) is 39.5 Å². The quantitative estimate of drug-likeness (QED) is 0.432. The van der Waals surface area contributed by atoms with Gasteiger partial charge >= 0.3 is 0 Å². The minimum atomic E-state index is -4.01. The zero-order valence-electron chi connectivity index (χ0n) is 16.9. The number of nitrogens with one attached hydrogen (secondary N) is 1. The maximum atomic E-state index is 13.3. The Morgan fingerprint density at radius 2 is 1.47 bits per heavy atom. The third-order valence-electron chi connectivity index (χ3n) is 4.48. The second-order valence-electron chi connectivity index (χ2n) is 6.75. The SMILES string of the molecule is COc1ccc(Cl)cc1NC(=O)CN(Cc1ccc(Cl)cc1)S(=O)(=O)c1ccc(Cl)cc1. The molecule has 3 aromatic rings. The van der Waals surface area contributed by atoms with E-state index in [0.29, 0.717) is 32.1 Å². The number of hydrogen-bond acceptors (Lipinski definition) is 4. The van der Waals surface area contributed by atoms with Crippen molar-refractivity contribution in [3.8, 4) is 5.75 Å². The molecular formula is C22H19Cl3N2O4S. The second kappa shape index (κ2) is 10.6. The standard InChI is InChI=1S/C22H19Cl3N2O4S/c1-31-21-11-8-18(25)12-20(21)26-22(28)14-27(13-15-2-4-16(23)5-3-15)32(29,30)19-9-6-17(24)7-10-19/h2-12H,13-14H2,1H3,(H,26,28). The highest BCUT2D eigenvalue weighted by atomic mass is 35.5. The monoisotopic (exact) mass is 512 g/mol. The molecule has 0 aliphatic heterocycles. The van der Waals surface area contributed by atoms with Crippen LogP contribution >= 0.6 is 34.8 Å². The van der Waals surface area contributed by atoms with E-state index in [2.05, 4.69) is 5.32 Å². The first-order valence-corrected chi connectivity index (χ1v) is 11.9. The molecule has 32 heavy (non-hydrogen) atoms. The van der Waals surface area contributed by atoms with Crippen molar-refractivity contribution in [2.45, 2.75) is 11.4 Å². The van der Waals surface area contributed by atoms with Gasteiger partial charge in [0.05, 0.1) is 24.2 Å². The highest BCUT2D eigenvalue weighted by Gasteiger charge is 2.27. The van der Waals surface area contributed by atoms with Crippen LogP contribution in [0.4, 0.5) is 5.69 Å². The van der Waals surface area contributed by atoms with Crippen LogP contribution in [0.5, 0.6) is 5.75 Å². The van der Waals surface area contributed by atoms with E-state index >= 15 is 0 Å². The van der Waals surface area contributed by atoms with Crippen molar-refractivity contribution in [1.29, 1.82) is 0 Å². The van der Waals surface area contributed by atoms with Gasteiger partial charge in [-0.05, 0) is 60.2 Å². The molecule has 0 aromatic heterocycles. The van der Waals surface area contributed by atoms with Gasteiger partial charge in [0.25, 0.3) is 0 Å². The third kappa shape index (κ3) is 6.15. The number of anilines is 1. The average molecular weight is 514 g/mol. The van der Waals surface area contributed by atoms with E-state index in [9.17, 15) is 13.2 Å². The lowest BCUT2D eigenvalue weighted by Crippen LogP contribution is -2.37. The van der Waals surface area contributed by atoms with E-state index in [-0.39, 0.29) is 11.4 Å². The number of rotatable bonds is 8. The Morgan fingerprint density at radius 1 is 0.906 bits per heavy atom. The van der Waals surface area contributed by atoms with Gasteiger partial charge in [-0.3, -0.25) is 4.79 Å². The van der Waals surface area contributed by atoms with Crippen LogP contribution in [0.3, 0.4) is 0 Å². The third-order valence-corrected chi connectivity index (χ3v) is 7.02. The van der Waals surface area contributed by atoms with Crippen molar-refractivity contribution < 1.29 is 17.9 Å². The van der Waals surface area contributed by atoms with Crippen molar-refractivity contribution in [3.63, 3.8) is 0 Å². The van der Waals surface area contributed by atoms with Crippen LogP contribution in [0.1, 0.15) is 5.56 Å². The lowest BCUT2D eigenvalue weighted by atomic mass is 10.2. The topological polar surface area (TPSA) is 75.7 Å². The van der Waals surface area contributed by atoms with Crippen molar-refractivity contribution in [2.75, 3.05) is 19.0 Å². The normalized spacial score (nSPS) is 11.4. The molecule has 0 radical (unpaired) electrons. The second-order valence-corrected chi connectivity index (χ2v) is 9.99. The maximum absolute atomic E-state index is 13.3. The summed E-state index contributed by atoms with van der Waals surface area (Å²) in [7, 11) is -2.56. The molecule has 0 saturated carbocycles. The van der Waals surface area contributed by atoms with Crippen molar-refractivity contribution in [2.24, 2.45) is 0 Å². The molecule has 0 fully saturated rings. The van der Waals surface area contributed by atoms with E-state index < -0.39 is 22.5 Å². The Kier molecular flexibility index (Phi) is 8.03. The molecule has 0 bridgehead atoms. The minimum Gasteiger partial charge on any atom is -0.495 e. The minimum absolute atomic E-state index is 0.0176. The molecule has 3 rings (SSSR count). The van der Waals surface area contributed by atoms with Crippen molar-refractivity contribution >= 4 is 56.4 Å². The van der Waals surface area contributed by atoms with Gasteiger partial charge in [-0.1, -0.05) is 46.9 Å². The summed E-state index contributed by atoms with van der Waals surface area (Å²) in [5.74, 6) is -0.162. The largest absolute Gasteiger partial charge is 0.495 e. The highest BCUT2D eigenvalue weighted by Crippen LogP contribution is 2.28. The van der Waals surface area contributed by atoms with Crippen LogP contribution in [0, 0.1) is 0 Å². The first-order chi connectivity index (χ1) is 15.2. The summed E-state index contributed by atoms with van der Waals surface area (Å²) >= 11 is 17.8. The number of methoxy groups -OCH3 is 1. The molecule has 10 heteroatoms. The van der Waals surface area contributed by atoms with Crippen LogP contribution < -0.4 is 10.1 Å². The number of carbonyl (C=O) groups is 1. The molecule has 3 aromatic carbocycles. The Bertz CT molecular complexity index is 1200. The van der Waals surface area contributed by atoms with Gasteiger partial charge in [0, 0.05) is 21.6 Å². The summed E-state index contributed by atoms with van der Waals surface area (Å²) in [5, 5.41) is 3.98. The van der Waals surface area contributed by atoms with E-state index in [0.717, 1.165) is 4.31 Å². The molecule has 1 N–H and O–H groups in total. The van der Waals surface area contributed by atoms with Crippen LogP contribution in [0.15, 0.2) is 71.6 Å². The summed E-state index contributed by atoms with van der Waals surface area (Å²) < 4.78 is 32.9. The number of ether oxygens (including phenoxy) is 1. The lowest BCUT2D eigenvalue weighted by molar-refractivity contribution is -0.116. The summed E-state index contributed by atoms with van der Waals surface area (Å²) in [4.78, 5) is 12.8. The molecule has 0 atom stereocenters. The first-order valence-electron chi connectivity index (χ1n) is 9.32. The number of carbonyl (C=O) groups excluding carboxylic acids is 1. The molecule has 0 aliphatic rings. The molecule has 1 amide bonds. The summed E-state index contributed by atoms with van der Waals surface area (Å²) in [6.45, 7) is -0.481. The highest BCUT2D eigenvalue weighted by molar-refractivity contribution is 7.89. The van der Waals surface area contributed by atoms with E-state index in [1.165, 1.54) is 37.4 Å². The lowest BCUT2D eigenvalue weighted by Gasteiger charge is -2.22. The molecule has 0 heterocycles. The van der Waals surface area contributed by atoms with Gasteiger partial charge in [-0.15, -0.1) is 0 Å². The van der Waals surface area contributed by atoms with Gasteiger partial charge in [0.1, 0.15) is 5.75 Å². The number of hydrogen-bond donors (Lipinski definition) is 1. The van der Waals surface area contributed by atoms with Gasteiger partial charge in [0.15, 0.2) is 0 Å². The number of nitrogens with zero attached hydrogens (tertiary/aromatic N) is 1. The molecule has 0 aliphatic carbocycles. The summed E-state index contributed by atoms with van der Waals surface area (Å²) in [5.41, 5.74) is 1.00. The van der Waals surface area contributed by atoms with Crippen LogP contribution in [-0.2, 0) is 21.4 Å². The number of halogens is 3. The molecule has 0 saturated heterocycles. The van der Waals surface area contributed by atoms with E-state index in [1.54, 1.807) is 36.4 Å². The van der Waals surface area contributed by atoms with Gasteiger partial charge in [0.2, 0.25) is 15.9 Å². The van der Waals surface area contributed by atoms with Crippen LogP contribution in [0.25, 0.3) is 0 Å². The molecule has 0 unspecified atom stereocenters. The number of sulfonamides is 1. The predicted molar refractivity (Wildman–Crippen MR) is 127 cm³/mol. The fraction of sp³-hybridized carbons (Fsp3) is 0.136. The fourth-order valence-electron chi connectivity index (χ4n) is 2.90. The molecular weight excluding hydrogens is 495 g/mol. The Balaban J connectivity index is 1.89. The number of amides is 1. The van der Waals surface area contributed by atoms with Crippen LogP contribution in [0.2, 0.25) is 15.1 Å². The van der Waals surface area contributed by atoms with E-state index in [1.807, 2.05) is 0 Å². The predicted octanol–water partition coefficient (Wildman–Crippen LogP) is 5.49. The Hall–Kier alpha value is -2.29. The van der Waals surface area contributed by atoms with Crippen molar-refractivity contribution in [1.82, 2.24) is 4.31 Å². The molecule has 0 spiro atoms. The summed E-state index contributed by atoms with van der Waals surface area (Å²) in [6, 6.07) is 17.2. The summed E-state index contributed by atoms with van der Waals surface area (Å²) in [6.07, 6.45) is 0. The number of benzene rings is 3. The molecule has 6 nitrogen and oxygen atoms in total. The van der Waals surface area contributed by atoms with Crippen LogP contribution in [-0.4, -0.2) is 32.3 Å². The average Bonchev–Trinajstić information content (AvgIpc) is 2.75. The molecule has 168 valence electrons. The van der Waals surface area contributed by atoms with Gasteiger partial charge < -0.3 is 10.1 Å². The Morgan fingerprint density at radius 3 is 2.06 bits per heavy atom. The zero-order chi connectivity index (χ0) is 23.3. The zero-order valence-corrected chi connectivity index (χ0v) is 20.0.